The van der Waals surface area contributed by atoms with E-state index in [1.807, 2.05) is 24.3 Å². The molecule has 1 aliphatic heterocycles. The van der Waals surface area contributed by atoms with Crippen LogP contribution in [0, 0.1) is 10.1 Å². The zero-order chi connectivity index (χ0) is 22.3. The van der Waals surface area contributed by atoms with Gasteiger partial charge >= 0.3 is 0 Å². The molecule has 0 unspecified atom stereocenters. The van der Waals surface area contributed by atoms with E-state index in [0.29, 0.717) is 18.8 Å². The van der Waals surface area contributed by atoms with Gasteiger partial charge in [-0.1, -0.05) is 12.1 Å². The van der Waals surface area contributed by atoms with E-state index in [4.69, 9.17) is 9.47 Å². The van der Waals surface area contributed by atoms with Crippen LogP contribution in [0.25, 0.3) is 0 Å². The van der Waals surface area contributed by atoms with Crippen LogP contribution in [0.15, 0.2) is 42.5 Å². The molecule has 2 aliphatic rings. The second-order valence-electron chi connectivity index (χ2n) is 8.04. The predicted octanol–water partition coefficient (Wildman–Crippen LogP) is 2.81. The molecule has 1 saturated carbocycles. The number of benzene rings is 2. The van der Waals surface area contributed by atoms with Crippen LogP contribution in [0.2, 0.25) is 0 Å². The Morgan fingerprint density at radius 1 is 1.19 bits per heavy atom. The molecule has 1 amide bonds. The average molecular weight is 441 g/mol. The minimum Gasteiger partial charge on any atom is -0.492 e. The molecule has 0 spiro atoms. The minimum atomic E-state index is -0.459. The van der Waals surface area contributed by atoms with Crippen molar-refractivity contribution in [2.75, 3.05) is 44.8 Å². The van der Waals surface area contributed by atoms with Gasteiger partial charge in [-0.2, -0.15) is 0 Å². The monoisotopic (exact) mass is 440 g/mol. The van der Waals surface area contributed by atoms with Crippen LogP contribution in [0.3, 0.4) is 0 Å². The number of ether oxygens (including phenoxy) is 2. The molecule has 2 fully saturated rings. The van der Waals surface area contributed by atoms with Crippen molar-refractivity contribution in [2.45, 2.75) is 25.4 Å². The lowest BCUT2D eigenvalue weighted by molar-refractivity contribution is -0.384. The van der Waals surface area contributed by atoms with Crippen molar-refractivity contribution in [3.05, 3.63) is 63.7 Å². The van der Waals surface area contributed by atoms with Crippen LogP contribution in [-0.2, 0) is 11.3 Å². The Morgan fingerprint density at radius 3 is 2.75 bits per heavy atom. The Morgan fingerprint density at radius 2 is 2.00 bits per heavy atom. The molecule has 2 aromatic carbocycles. The summed E-state index contributed by atoms with van der Waals surface area (Å²) in [7, 11) is 0. The van der Waals surface area contributed by atoms with Crippen LogP contribution >= 0.6 is 0 Å². The van der Waals surface area contributed by atoms with E-state index < -0.39 is 4.92 Å². The van der Waals surface area contributed by atoms with Crippen molar-refractivity contribution in [3.8, 4) is 5.75 Å². The molecule has 1 saturated heterocycles. The third kappa shape index (κ3) is 6.18. The molecule has 1 aliphatic carbocycles. The maximum Gasteiger partial charge on any atom is 0.293 e. The highest BCUT2D eigenvalue weighted by atomic mass is 16.6. The summed E-state index contributed by atoms with van der Waals surface area (Å²) in [6.07, 6.45) is 2.02. The zero-order valence-electron chi connectivity index (χ0n) is 17.9. The fraction of sp³-hybridized carbons (Fsp3) is 0.435. The van der Waals surface area contributed by atoms with Gasteiger partial charge in [-0.05, 0) is 42.7 Å². The Hall–Kier alpha value is -3.17. The number of nitrogens with one attached hydrogen (secondary N) is 2. The fourth-order valence-corrected chi connectivity index (χ4v) is 3.54. The van der Waals surface area contributed by atoms with Crippen LogP contribution in [0.4, 0.5) is 11.4 Å². The van der Waals surface area contributed by atoms with Gasteiger partial charge < -0.3 is 20.1 Å². The Bertz CT molecular complexity index is 957. The third-order valence-corrected chi connectivity index (χ3v) is 5.53. The van der Waals surface area contributed by atoms with Crippen molar-refractivity contribution in [3.63, 3.8) is 0 Å². The molecule has 170 valence electrons. The van der Waals surface area contributed by atoms with Gasteiger partial charge in [0, 0.05) is 43.9 Å². The number of carbonyl (C=O) groups excluding carboxylic acids is 1. The average Bonchev–Trinajstić information content (AvgIpc) is 3.63. The van der Waals surface area contributed by atoms with Gasteiger partial charge in [-0.25, -0.2) is 0 Å². The van der Waals surface area contributed by atoms with E-state index in [9.17, 15) is 14.9 Å². The zero-order valence-corrected chi connectivity index (χ0v) is 17.9. The van der Waals surface area contributed by atoms with E-state index in [-0.39, 0.29) is 23.2 Å². The summed E-state index contributed by atoms with van der Waals surface area (Å²) in [6, 6.07) is 12.4. The second-order valence-corrected chi connectivity index (χ2v) is 8.04. The maximum atomic E-state index is 12.6. The number of rotatable bonds is 10. The highest BCUT2D eigenvalue weighted by Crippen LogP contribution is 2.31. The topological polar surface area (TPSA) is 106 Å². The Kier molecular flexibility index (Phi) is 7.18. The van der Waals surface area contributed by atoms with Gasteiger partial charge in [0.05, 0.1) is 18.1 Å². The second kappa shape index (κ2) is 10.4. The van der Waals surface area contributed by atoms with Gasteiger partial charge in [0.25, 0.3) is 11.6 Å². The van der Waals surface area contributed by atoms with E-state index >= 15 is 0 Å². The highest BCUT2D eigenvalue weighted by Gasteiger charge is 2.25. The molecule has 4 rings (SSSR count). The molecule has 0 bridgehead atoms. The van der Waals surface area contributed by atoms with E-state index in [0.717, 1.165) is 57.0 Å². The van der Waals surface area contributed by atoms with Crippen LogP contribution in [0.1, 0.15) is 28.8 Å². The van der Waals surface area contributed by atoms with Crippen molar-refractivity contribution >= 4 is 17.3 Å². The molecular weight excluding hydrogens is 412 g/mol. The molecule has 2 aromatic rings. The largest absolute Gasteiger partial charge is 0.492 e. The van der Waals surface area contributed by atoms with Gasteiger partial charge in [-0.15, -0.1) is 0 Å². The molecule has 2 N–H and O–H groups in total. The van der Waals surface area contributed by atoms with Gasteiger partial charge in [0.15, 0.2) is 0 Å². The summed E-state index contributed by atoms with van der Waals surface area (Å²) in [6.45, 7) is 5.09. The number of nitrogens with zero attached hydrogens (tertiary/aromatic N) is 2. The lowest BCUT2D eigenvalue weighted by Gasteiger charge is -2.26. The van der Waals surface area contributed by atoms with Gasteiger partial charge in [0.2, 0.25) is 0 Å². The molecule has 9 heteroatoms. The first kappa shape index (κ1) is 22.0. The minimum absolute atomic E-state index is 0.0831. The number of hydrogen-bond donors (Lipinski definition) is 2. The summed E-state index contributed by atoms with van der Waals surface area (Å²) < 4.78 is 11.2. The van der Waals surface area contributed by atoms with E-state index in [1.165, 1.54) is 6.07 Å². The Labute approximate surface area is 186 Å². The number of morpholine rings is 1. The molecule has 32 heavy (non-hydrogen) atoms. The number of nitro benzene ring substituents is 1. The molecule has 1 heterocycles. The molecule has 9 nitrogen and oxygen atoms in total. The number of amides is 1. The maximum absolute atomic E-state index is 12.6. The molecule has 0 aromatic heterocycles. The van der Waals surface area contributed by atoms with Crippen molar-refractivity contribution in [2.24, 2.45) is 0 Å². The van der Waals surface area contributed by atoms with E-state index in [2.05, 4.69) is 15.5 Å². The quantitative estimate of drug-likeness (QED) is 0.432. The van der Waals surface area contributed by atoms with Gasteiger partial charge in [-0.3, -0.25) is 19.8 Å². The van der Waals surface area contributed by atoms with Crippen LogP contribution in [0.5, 0.6) is 5.75 Å². The fourth-order valence-electron chi connectivity index (χ4n) is 3.54. The van der Waals surface area contributed by atoms with Crippen molar-refractivity contribution < 1.29 is 19.2 Å². The summed E-state index contributed by atoms with van der Waals surface area (Å²) in [4.78, 5) is 25.8. The van der Waals surface area contributed by atoms with Crippen LogP contribution in [-0.4, -0.2) is 61.2 Å². The lowest BCUT2D eigenvalue weighted by atomic mass is 10.1. The predicted molar refractivity (Wildman–Crippen MR) is 120 cm³/mol. The molecule has 0 atom stereocenters. The van der Waals surface area contributed by atoms with Gasteiger partial charge in [0.1, 0.15) is 18.0 Å². The summed E-state index contributed by atoms with van der Waals surface area (Å²) in [5.74, 6) is 0.390. The van der Waals surface area contributed by atoms with Crippen LogP contribution < -0.4 is 15.4 Å². The summed E-state index contributed by atoms with van der Waals surface area (Å²) in [5.41, 5.74) is 1.52. The number of anilines is 1. The first-order chi connectivity index (χ1) is 15.6. The number of carbonyl (C=O) groups is 1. The van der Waals surface area contributed by atoms with E-state index in [1.54, 1.807) is 12.1 Å². The Balaban J connectivity index is 1.30. The molecule has 0 radical (unpaired) electrons. The first-order valence-electron chi connectivity index (χ1n) is 10.9. The normalized spacial score (nSPS) is 16.4. The van der Waals surface area contributed by atoms with Crippen molar-refractivity contribution in [1.29, 1.82) is 0 Å². The first-order valence-corrected chi connectivity index (χ1v) is 10.9. The van der Waals surface area contributed by atoms with Crippen molar-refractivity contribution in [1.82, 2.24) is 10.2 Å². The SMILES string of the molecule is O=C(NCc1cccc(OCCN2CCOCC2)c1)c1ccc(NC2CC2)c([N+](=O)[O-])c1. The standard InChI is InChI=1S/C23H28N4O5/c28-23(18-4-7-21(25-19-5-6-19)22(15-18)27(29)30)24-16-17-2-1-3-20(14-17)32-13-10-26-8-11-31-12-9-26/h1-4,7,14-15,19,25H,5-6,8-13,16H2,(H,24,28). The summed E-state index contributed by atoms with van der Waals surface area (Å²) >= 11 is 0. The number of nitro groups is 1. The molecular formula is C23H28N4O5. The lowest BCUT2D eigenvalue weighted by Crippen LogP contribution is -2.38. The summed E-state index contributed by atoms with van der Waals surface area (Å²) in [5, 5.41) is 17.4. The highest BCUT2D eigenvalue weighted by molar-refractivity contribution is 5.95. The third-order valence-electron chi connectivity index (χ3n) is 5.53. The number of hydrogen-bond acceptors (Lipinski definition) is 7. The smallest absolute Gasteiger partial charge is 0.293 e.